The van der Waals surface area contributed by atoms with Crippen molar-refractivity contribution in [1.29, 1.82) is 0 Å². The van der Waals surface area contributed by atoms with Gasteiger partial charge in [-0.15, -0.1) is 0 Å². The Morgan fingerprint density at radius 1 is 0.854 bits per heavy atom. The Bertz CT molecular complexity index is 1440. The van der Waals surface area contributed by atoms with E-state index in [4.69, 9.17) is 9.47 Å². The van der Waals surface area contributed by atoms with E-state index in [1.807, 2.05) is 52.0 Å². The number of hydrogen-bond acceptors (Lipinski definition) is 6. The first-order chi connectivity index (χ1) is 19.5. The minimum Gasteiger partial charge on any atom is -0.493 e. The van der Waals surface area contributed by atoms with Gasteiger partial charge in [-0.3, -0.25) is 13.9 Å². The maximum Gasteiger partial charge on any atom is 0.264 e. The fraction of sp³-hybridized carbons (Fsp3) is 0.355. The maximum absolute atomic E-state index is 14.1. The fourth-order valence-corrected chi connectivity index (χ4v) is 5.88. The normalized spacial score (nSPS) is 11.9. The molecule has 9 nitrogen and oxygen atoms in total. The smallest absolute Gasteiger partial charge is 0.264 e. The van der Waals surface area contributed by atoms with Gasteiger partial charge in [0.15, 0.2) is 11.5 Å². The number of amides is 2. The van der Waals surface area contributed by atoms with Crippen LogP contribution in [0.2, 0.25) is 0 Å². The van der Waals surface area contributed by atoms with Gasteiger partial charge >= 0.3 is 0 Å². The van der Waals surface area contributed by atoms with E-state index in [2.05, 4.69) is 5.32 Å². The molecule has 10 heteroatoms. The number of benzene rings is 3. The highest BCUT2D eigenvalue weighted by atomic mass is 32.2. The summed E-state index contributed by atoms with van der Waals surface area (Å²) in [4.78, 5) is 28.5. The third-order valence-corrected chi connectivity index (χ3v) is 8.52. The minimum absolute atomic E-state index is 0.0654. The van der Waals surface area contributed by atoms with Gasteiger partial charge in [0, 0.05) is 19.2 Å². The molecule has 220 valence electrons. The number of aryl methyl sites for hydroxylation is 2. The van der Waals surface area contributed by atoms with E-state index in [1.54, 1.807) is 24.3 Å². The first-order valence-corrected chi connectivity index (χ1v) is 14.9. The van der Waals surface area contributed by atoms with Crippen molar-refractivity contribution < 1.29 is 27.5 Å². The summed E-state index contributed by atoms with van der Waals surface area (Å²) in [6.07, 6.45) is 0.358. The Morgan fingerprint density at radius 3 is 1.98 bits per heavy atom. The molecule has 0 aliphatic rings. The van der Waals surface area contributed by atoms with E-state index in [9.17, 15) is 18.0 Å². The quantitative estimate of drug-likeness (QED) is 0.320. The molecule has 1 N–H and O–H groups in total. The van der Waals surface area contributed by atoms with Gasteiger partial charge in [0.2, 0.25) is 11.8 Å². The van der Waals surface area contributed by atoms with Gasteiger partial charge in [0.05, 0.1) is 24.8 Å². The number of hydrogen-bond donors (Lipinski definition) is 1. The topological polar surface area (TPSA) is 105 Å². The second kappa shape index (κ2) is 14.0. The number of sulfonamides is 1. The molecular formula is C31H39N3O6S. The predicted octanol–water partition coefficient (Wildman–Crippen LogP) is 4.46. The van der Waals surface area contributed by atoms with Gasteiger partial charge in [-0.2, -0.15) is 0 Å². The molecular weight excluding hydrogens is 542 g/mol. The summed E-state index contributed by atoms with van der Waals surface area (Å²) < 4.78 is 39.9. The van der Waals surface area contributed by atoms with Crippen molar-refractivity contribution in [2.75, 3.05) is 31.6 Å². The standard InChI is InChI=1S/C31H39N3O6S/c1-7-27(31(36)32-8-2)33(20-24-13-9-22(3)10-14-24)30(35)21-34(25-15-11-23(4)12-16-25)41(37,38)26-17-18-28(39-5)29(19-26)40-6/h9-19,27H,7-8,20-21H2,1-6H3,(H,32,36)/t27-/m0/s1. The molecule has 0 radical (unpaired) electrons. The Kier molecular flexibility index (Phi) is 10.8. The number of methoxy groups -OCH3 is 2. The molecule has 0 spiro atoms. The molecule has 0 aliphatic heterocycles. The number of likely N-dealkylation sites (N-methyl/N-ethyl adjacent to an activating group) is 1. The van der Waals surface area contributed by atoms with Crippen molar-refractivity contribution in [3.63, 3.8) is 0 Å². The van der Waals surface area contributed by atoms with Crippen molar-refractivity contribution in [2.45, 2.75) is 51.6 Å². The maximum atomic E-state index is 14.1. The van der Waals surface area contributed by atoms with Gasteiger partial charge in [-0.05, 0) is 57.0 Å². The Hall–Kier alpha value is -4.05. The van der Waals surface area contributed by atoms with Gasteiger partial charge in [0.1, 0.15) is 12.6 Å². The molecule has 0 aromatic heterocycles. The second-order valence-corrected chi connectivity index (χ2v) is 11.6. The SMILES string of the molecule is CCNC(=O)[C@H](CC)N(Cc1ccc(C)cc1)C(=O)CN(c1ccc(C)cc1)S(=O)(=O)c1ccc(OC)c(OC)c1. The van der Waals surface area contributed by atoms with Crippen LogP contribution in [-0.2, 0) is 26.2 Å². The van der Waals surface area contributed by atoms with Crippen molar-refractivity contribution in [3.8, 4) is 11.5 Å². The van der Waals surface area contributed by atoms with E-state index in [1.165, 1.54) is 37.3 Å². The Morgan fingerprint density at radius 2 is 1.44 bits per heavy atom. The number of rotatable bonds is 13. The Balaban J connectivity index is 2.09. The average molecular weight is 582 g/mol. The summed E-state index contributed by atoms with van der Waals surface area (Å²) in [5.41, 5.74) is 3.15. The van der Waals surface area contributed by atoms with Gasteiger partial charge in [-0.1, -0.05) is 54.4 Å². The van der Waals surface area contributed by atoms with Gasteiger partial charge in [0.25, 0.3) is 10.0 Å². The third kappa shape index (κ3) is 7.58. The molecule has 0 aliphatic carbocycles. The van der Waals surface area contributed by atoms with Crippen LogP contribution in [0.25, 0.3) is 0 Å². The molecule has 0 saturated heterocycles. The summed E-state index contributed by atoms with van der Waals surface area (Å²) in [5.74, 6) is -0.179. The van der Waals surface area contributed by atoms with E-state index < -0.39 is 28.5 Å². The van der Waals surface area contributed by atoms with Crippen LogP contribution in [-0.4, -0.2) is 58.5 Å². The summed E-state index contributed by atoms with van der Waals surface area (Å²) in [7, 11) is -1.36. The summed E-state index contributed by atoms with van der Waals surface area (Å²) in [6.45, 7) is 7.54. The highest BCUT2D eigenvalue weighted by Gasteiger charge is 2.34. The molecule has 3 aromatic carbocycles. The van der Waals surface area contributed by atoms with Crippen LogP contribution in [0, 0.1) is 13.8 Å². The van der Waals surface area contributed by atoms with Crippen LogP contribution in [0.1, 0.15) is 37.0 Å². The number of carbonyl (C=O) groups excluding carboxylic acids is 2. The third-order valence-electron chi connectivity index (χ3n) is 6.75. The van der Waals surface area contributed by atoms with Crippen LogP contribution in [0.4, 0.5) is 5.69 Å². The first kappa shape index (κ1) is 31.5. The lowest BCUT2D eigenvalue weighted by Crippen LogP contribution is -2.52. The number of ether oxygens (including phenoxy) is 2. The molecule has 41 heavy (non-hydrogen) atoms. The highest BCUT2D eigenvalue weighted by molar-refractivity contribution is 7.92. The molecule has 0 fully saturated rings. The molecule has 3 aromatic rings. The van der Waals surface area contributed by atoms with Crippen molar-refractivity contribution >= 4 is 27.5 Å². The largest absolute Gasteiger partial charge is 0.493 e. The van der Waals surface area contributed by atoms with Crippen molar-refractivity contribution in [2.24, 2.45) is 0 Å². The monoisotopic (exact) mass is 581 g/mol. The number of nitrogens with zero attached hydrogens (tertiary/aromatic N) is 2. The molecule has 1 atom stereocenters. The molecule has 0 unspecified atom stereocenters. The highest BCUT2D eigenvalue weighted by Crippen LogP contribution is 2.32. The van der Waals surface area contributed by atoms with Crippen molar-refractivity contribution in [3.05, 3.63) is 83.4 Å². The molecule has 0 heterocycles. The van der Waals surface area contributed by atoms with Crippen molar-refractivity contribution in [1.82, 2.24) is 10.2 Å². The van der Waals surface area contributed by atoms with Crippen LogP contribution >= 0.6 is 0 Å². The zero-order valence-electron chi connectivity index (χ0n) is 24.5. The summed E-state index contributed by atoms with van der Waals surface area (Å²) >= 11 is 0. The first-order valence-electron chi connectivity index (χ1n) is 13.5. The van der Waals surface area contributed by atoms with Gasteiger partial charge in [-0.25, -0.2) is 8.42 Å². The summed E-state index contributed by atoms with van der Waals surface area (Å²) in [5, 5.41) is 2.81. The Labute approximate surface area is 243 Å². The average Bonchev–Trinajstić information content (AvgIpc) is 2.96. The summed E-state index contributed by atoms with van der Waals surface area (Å²) in [6, 6.07) is 18.1. The van der Waals surface area contributed by atoms with Crippen LogP contribution in [0.15, 0.2) is 71.6 Å². The number of nitrogens with one attached hydrogen (secondary N) is 1. The van der Waals surface area contributed by atoms with Crippen LogP contribution in [0.5, 0.6) is 11.5 Å². The fourth-order valence-electron chi connectivity index (χ4n) is 4.45. The lowest BCUT2D eigenvalue weighted by Gasteiger charge is -2.33. The lowest BCUT2D eigenvalue weighted by atomic mass is 10.1. The minimum atomic E-state index is -4.24. The van der Waals surface area contributed by atoms with E-state index in [0.717, 1.165) is 21.0 Å². The molecule has 3 rings (SSSR count). The number of anilines is 1. The van der Waals surface area contributed by atoms with E-state index in [0.29, 0.717) is 24.4 Å². The molecule has 0 saturated carbocycles. The zero-order chi connectivity index (χ0) is 30.2. The van der Waals surface area contributed by atoms with E-state index >= 15 is 0 Å². The number of carbonyl (C=O) groups is 2. The second-order valence-electron chi connectivity index (χ2n) is 9.69. The van der Waals surface area contributed by atoms with Gasteiger partial charge < -0.3 is 19.7 Å². The lowest BCUT2D eigenvalue weighted by molar-refractivity contribution is -0.140. The molecule has 0 bridgehead atoms. The predicted molar refractivity (Wildman–Crippen MR) is 160 cm³/mol. The van der Waals surface area contributed by atoms with E-state index in [-0.39, 0.29) is 23.1 Å². The van der Waals surface area contributed by atoms with Crippen LogP contribution < -0.4 is 19.1 Å². The zero-order valence-corrected chi connectivity index (χ0v) is 25.3. The molecule has 2 amide bonds. The van der Waals surface area contributed by atoms with Crippen LogP contribution in [0.3, 0.4) is 0 Å².